The zero-order valence-corrected chi connectivity index (χ0v) is 12.2. The van der Waals surface area contributed by atoms with Crippen LogP contribution in [0.1, 0.15) is 16.1 Å². The second kappa shape index (κ2) is 5.97. The van der Waals surface area contributed by atoms with Crippen LogP contribution in [0, 0.1) is 6.92 Å². The lowest BCUT2D eigenvalue weighted by molar-refractivity contribution is 0.0743. The van der Waals surface area contributed by atoms with Gasteiger partial charge in [-0.1, -0.05) is 0 Å². The Morgan fingerprint density at radius 3 is 2.45 bits per heavy atom. The van der Waals surface area contributed by atoms with Crippen molar-refractivity contribution >= 4 is 11.7 Å². The minimum absolute atomic E-state index is 0.126. The van der Waals surface area contributed by atoms with Crippen molar-refractivity contribution < 1.29 is 9.21 Å². The molecule has 1 fully saturated rings. The first-order chi connectivity index (χ1) is 10.6. The summed E-state index contributed by atoms with van der Waals surface area (Å²) in [5, 5.41) is 8.21. The van der Waals surface area contributed by atoms with Crippen molar-refractivity contribution in [1.82, 2.24) is 15.1 Å². The minimum Gasteiger partial charge on any atom is -0.430 e. The third-order valence-corrected chi connectivity index (χ3v) is 3.62. The molecule has 1 aliphatic rings. The Morgan fingerprint density at radius 2 is 1.86 bits per heavy atom. The van der Waals surface area contributed by atoms with Gasteiger partial charge < -0.3 is 14.2 Å². The lowest BCUT2D eigenvalue weighted by atomic mass is 10.2. The number of aromatic nitrogens is 2. The number of rotatable bonds is 2. The van der Waals surface area contributed by atoms with Crippen LogP contribution in [0.2, 0.25) is 0 Å². The number of nitrogens with zero attached hydrogens (tertiary/aromatic N) is 4. The number of piperazine rings is 1. The maximum absolute atomic E-state index is 12.3. The molecule has 0 spiro atoms. The van der Waals surface area contributed by atoms with E-state index in [0.29, 0.717) is 31.7 Å². The fraction of sp³-hybridized carbons (Fsp3) is 0.333. The molecule has 0 bridgehead atoms. The molecule has 2 aromatic rings. The summed E-state index contributed by atoms with van der Waals surface area (Å²) in [6.07, 6.45) is 1.21. The monoisotopic (exact) mass is 300 g/mol. The number of carbonyl (C=O) groups excluding carboxylic acids is 1. The Balaban J connectivity index is 1.64. The predicted molar refractivity (Wildman–Crippen MR) is 79.9 cm³/mol. The first-order valence-electron chi connectivity index (χ1n) is 7.07. The number of hydrogen-bond donors (Lipinski definition) is 0. The molecule has 2 aromatic heterocycles. The number of hydrogen-bond acceptors (Lipinski definition) is 6. The maximum Gasteiger partial charge on any atom is 0.335 e. The molecule has 3 heterocycles. The molecule has 0 aliphatic carbocycles. The molecule has 114 valence electrons. The van der Waals surface area contributed by atoms with E-state index in [2.05, 4.69) is 15.1 Å². The quantitative estimate of drug-likeness (QED) is 0.812. The Morgan fingerprint density at radius 1 is 1.09 bits per heavy atom. The van der Waals surface area contributed by atoms with E-state index in [1.807, 2.05) is 19.1 Å². The molecule has 0 atom stereocenters. The lowest BCUT2D eigenvalue weighted by Crippen LogP contribution is -2.49. The molecule has 1 aliphatic heterocycles. The van der Waals surface area contributed by atoms with E-state index in [9.17, 15) is 9.59 Å². The van der Waals surface area contributed by atoms with Crippen molar-refractivity contribution in [2.75, 3.05) is 31.1 Å². The van der Waals surface area contributed by atoms with E-state index in [1.54, 1.807) is 4.90 Å². The molecule has 0 N–H and O–H groups in total. The number of aryl methyl sites for hydroxylation is 1. The van der Waals surface area contributed by atoms with E-state index < -0.39 is 5.63 Å². The van der Waals surface area contributed by atoms with Crippen molar-refractivity contribution in [2.24, 2.45) is 0 Å². The SMILES string of the molecule is Cc1ccc(N2CCN(C(=O)c3ccc(=O)oc3)CC2)nn1. The topological polar surface area (TPSA) is 79.5 Å². The Bertz CT molecular complexity index is 698. The van der Waals surface area contributed by atoms with E-state index in [-0.39, 0.29) is 5.91 Å². The van der Waals surface area contributed by atoms with Gasteiger partial charge in [-0.3, -0.25) is 4.79 Å². The Labute approximate surface area is 127 Å². The molecule has 0 saturated carbocycles. The van der Waals surface area contributed by atoms with Crippen LogP contribution in [0.25, 0.3) is 0 Å². The van der Waals surface area contributed by atoms with Gasteiger partial charge in [0, 0.05) is 32.2 Å². The van der Waals surface area contributed by atoms with Crippen LogP contribution in [0.3, 0.4) is 0 Å². The number of anilines is 1. The molecule has 3 rings (SSSR count). The highest BCUT2D eigenvalue weighted by Gasteiger charge is 2.23. The van der Waals surface area contributed by atoms with Crippen LogP contribution in [-0.2, 0) is 0 Å². The summed E-state index contributed by atoms with van der Waals surface area (Å²) in [7, 11) is 0. The van der Waals surface area contributed by atoms with Gasteiger partial charge in [0.1, 0.15) is 6.26 Å². The van der Waals surface area contributed by atoms with Crippen LogP contribution < -0.4 is 10.5 Å². The smallest absolute Gasteiger partial charge is 0.335 e. The van der Waals surface area contributed by atoms with Gasteiger partial charge in [-0.15, -0.1) is 5.10 Å². The lowest BCUT2D eigenvalue weighted by Gasteiger charge is -2.35. The van der Waals surface area contributed by atoms with Gasteiger partial charge in [0.2, 0.25) is 0 Å². The highest BCUT2D eigenvalue weighted by Crippen LogP contribution is 2.14. The maximum atomic E-state index is 12.3. The zero-order chi connectivity index (χ0) is 15.5. The van der Waals surface area contributed by atoms with Crippen molar-refractivity contribution in [3.63, 3.8) is 0 Å². The summed E-state index contributed by atoms with van der Waals surface area (Å²) >= 11 is 0. The average Bonchev–Trinajstić information content (AvgIpc) is 2.56. The summed E-state index contributed by atoms with van der Waals surface area (Å²) < 4.78 is 4.74. The first kappa shape index (κ1) is 14.2. The average molecular weight is 300 g/mol. The molecule has 1 amide bonds. The second-order valence-corrected chi connectivity index (χ2v) is 5.16. The van der Waals surface area contributed by atoms with Gasteiger partial charge in [-0.2, -0.15) is 5.10 Å². The first-order valence-corrected chi connectivity index (χ1v) is 7.07. The van der Waals surface area contributed by atoms with Crippen LogP contribution in [0.15, 0.2) is 39.7 Å². The van der Waals surface area contributed by atoms with Crippen LogP contribution in [-0.4, -0.2) is 47.2 Å². The molecule has 22 heavy (non-hydrogen) atoms. The second-order valence-electron chi connectivity index (χ2n) is 5.16. The largest absolute Gasteiger partial charge is 0.430 e. The van der Waals surface area contributed by atoms with Crippen molar-refractivity contribution in [1.29, 1.82) is 0 Å². The molecular weight excluding hydrogens is 284 g/mol. The Hall–Kier alpha value is -2.70. The standard InChI is InChI=1S/C15H16N4O3/c1-11-2-4-13(17-16-11)18-6-8-19(9-7-18)15(21)12-3-5-14(20)22-10-12/h2-5,10H,6-9H2,1H3. The van der Waals surface area contributed by atoms with Crippen LogP contribution >= 0.6 is 0 Å². The van der Waals surface area contributed by atoms with E-state index in [0.717, 1.165) is 11.5 Å². The van der Waals surface area contributed by atoms with Crippen molar-refractivity contribution in [3.05, 3.63) is 52.2 Å². The van der Waals surface area contributed by atoms with Gasteiger partial charge in [-0.25, -0.2) is 4.79 Å². The number of carbonyl (C=O) groups is 1. The summed E-state index contributed by atoms with van der Waals surface area (Å²) in [5.74, 6) is 0.696. The molecule has 7 nitrogen and oxygen atoms in total. The molecular formula is C15H16N4O3. The van der Waals surface area contributed by atoms with E-state index >= 15 is 0 Å². The highest BCUT2D eigenvalue weighted by molar-refractivity contribution is 5.93. The molecule has 0 radical (unpaired) electrons. The van der Waals surface area contributed by atoms with Crippen LogP contribution in [0.5, 0.6) is 0 Å². The van der Waals surface area contributed by atoms with Gasteiger partial charge in [0.05, 0.1) is 11.3 Å². The summed E-state index contributed by atoms with van der Waals surface area (Å²) in [6.45, 7) is 4.47. The van der Waals surface area contributed by atoms with Crippen LogP contribution in [0.4, 0.5) is 5.82 Å². The zero-order valence-electron chi connectivity index (χ0n) is 12.2. The molecule has 1 saturated heterocycles. The normalized spacial score (nSPS) is 15.0. The van der Waals surface area contributed by atoms with Gasteiger partial charge in [0.25, 0.3) is 5.91 Å². The summed E-state index contributed by atoms with van der Waals surface area (Å²) in [6, 6.07) is 6.61. The molecule has 0 aromatic carbocycles. The fourth-order valence-corrected chi connectivity index (χ4v) is 2.36. The third kappa shape index (κ3) is 2.98. The van der Waals surface area contributed by atoms with Gasteiger partial charge in [-0.05, 0) is 25.1 Å². The minimum atomic E-state index is -0.459. The predicted octanol–water partition coefficient (Wildman–Crippen LogP) is 0.701. The summed E-state index contributed by atoms with van der Waals surface area (Å²) in [5.41, 5.74) is 0.811. The van der Waals surface area contributed by atoms with Gasteiger partial charge >= 0.3 is 5.63 Å². The highest BCUT2D eigenvalue weighted by atomic mass is 16.4. The number of amides is 1. The van der Waals surface area contributed by atoms with E-state index in [1.165, 1.54) is 18.4 Å². The van der Waals surface area contributed by atoms with Gasteiger partial charge in [0.15, 0.2) is 5.82 Å². The van der Waals surface area contributed by atoms with Crippen molar-refractivity contribution in [2.45, 2.75) is 6.92 Å². The summed E-state index contributed by atoms with van der Waals surface area (Å²) in [4.78, 5) is 27.1. The van der Waals surface area contributed by atoms with Crippen molar-refractivity contribution in [3.8, 4) is 0 Å². The molecule has 0 unspecified atom stereocenters. The third-order valence-electron chi connectivity index (χ3n) is 3.62. The Kier molecular flexibility index (Phi) is 3.86. The fourth-order valence-electron chi connectivity index (χ4n) is 2.36. The molecule has 7 heteroatoms. The van der Waals surface area contributed by atoms with E-state index in [4.69, 9.17) is 4.42 Å².